The molecule has 1 aromatic carbocycles. The second-order valence-electron chi connectivity index (χ2n) is 4.02. The maximum atomic E-state index is 11.9. The molecule has 0 aliphatic heterocycles. The number of hydrogen-bond acceptors (Lipinski definition) is 3. The summed E-state index contributed by atoms with van der Waals surface area (Å²) in [4.78, 5) is 0. The standard InChI is InChI=1S/C11H19N3O2S/c1-13(2)17(15,16)14(3)9-11-7-5-4-6-10(11)8-12/h4-7H,8-9,12H2,1-3H3. The van der Waals surface area contributed by atoms with Crippen molar-refractivity contribution in [2.24, 2.45) is 5.73 Å². The molecule has 0 atom stereocenters. The van der Waals surface area contributed by atoms with Crippen LogP contribution in [0.15, 0.2) is 24.3 Å². The van der Waals surface area contributed by atoms with Crippen molar-refractivity contribution in [2.75, 3.05) is 21.1 Å². The van der Waals surface area contributed by atoms with E-state index < -0.39 is 10.2 Å². The zero-order valence-electron chi connectivity index (χ0n) is 10.4. The molecule has 2 N–H and O–H groups in total. The summed E-state index contributed by atoms with van der Waals surface area (Å²) in [7, 11) is 1.21. The van der Waals surface area contributed by atoms with Crippen molar-refractivity contribution in [3.63, 3.8) is 0 Å². The summed E-state index contributed by atoms with van der Waals surface area (Å²) < 4.78 is 26.2. The molecule has 0 aromatic heterocycles. The summed E-state index contributed by atoms with van der Waals surface area (Å²) in [6.45, 7) is 0.736. The number of nitrogens with two attached hydrogens (primary N) is 1. The molecule has 6 heteroatoms. The van der Waals surface area contributed by atoms with E-state index in [-0.39, 0.29) is 0 Å². The third kappa shape index (κ3) is 3.26. The lowest BCUT2D eigenvalue weighted by molar-refractivity contribution is 0.413. The molecule has 0 bridgehead atoms. The van der Waals surface area contributed by atoms with Gasteiger partial charge in [0, 0.05) is 34.2 Å². The predicted molar refractivity (Wildman–Crippen MR) is 68.4 cm³/mol. The van der Waals surface area contributed by atoms with Gasteiger partial charge in [0.25, 0.3) is 10.2 Å². The van der Waals surface area contributed by atoms with Crippen molar-refractivity contribution in [2.45, 2.75) is 13.1 Å². The summed E-state index contributed by atoms with van der Waals surface area (Å²) in [6.07, 6.45) is 0. The highest BCUT2D eigenvalue weighted by Gasteiger charge is 2.20. The van der Waals surface area contributed by atoms with Gasteiger partial charge in [0.15, 0.2) is 0 Å². The summed E-state index contributed by atoms with van der Waals surface area (Å²) >= 11 is 0. The van der Waals surface area contributed by atoms with Crippen LogP contribution in [0.5, 0.6) is 0 Å². The zero-order valence-corrected chi connectivity index (χ0v) is 11.2. The second-order valence-corrected chi connectivity index (χ2v) is 6.27. The van der Waals surface area contributed by atoms with Crippen LogP contribution >= 0.6 is 0 Å². The van der Waals surface area contributed by atoms with Crippen LogP contribution in [0.25, 0.3) is 0 Å². The summed E-state index contributed by atoms with van der Waals surface area (Å²) in [6, 6.07) is 7.58. The minimum absolute atomic E-state index is 0.327. The molecule has 0 unspecified atom stereocenters. The highest BCUT2D eigenvalue weighted by atomic mass is 32.2. The fourth-order valence-electron chi connectivity index (χ4n) is 1.51. The molecule has 1 aromatic rings. The SMILES string of the molecule is CN(C)S(=O)(=O)N(C)Cc1ccccc1CN. The Morgan fingerprint density at radius 1 is 1.12 bits per heavy atom. The van der Waals surface area contributed by atoms with Crippen LogP contribution in [0.2, 0.25) is 0 Å². The zero-order chi connectivity index (χ0) is 13.1. The normalized spacial score (nSPS) is 12.4. The molecule has 0 spiro atoms. The molecule has 0 heterocycles. The van der Waals surface area contributed by atoms with Crippen molar-refractivity contribution >= 4 is 10.2 Å². The van der Waals surface area contributed by atoms with E-state index in [0.29, 0.717) is 13.1 Å². The summed E-state index contributed by atoms with van der Waals surface area (Å²) in [5.74, 6) is 0. The van der Waals surface area contributed by atoms with Gasteiger partial charge in [-0.2, -0.15) is 17.0 Å². The Kier molecular flexibility index (Phi) is 4.64. The molecule has 0 radical (unpaired) electrons. The first kappa shape index (κ1) is 14.1. The number of hydrogen-bond donors (Lipinski definition) is 1. The number of rotatable bonds is 5. The van der Waals surface area contributed by atoms with Crippen molar-refractivity contribution in [1.82, 2.24) is 8.61 Å². The van der Waals surface area contributed by atoms with Crippen molar-refractivity contribution in [1.29, 1.82) is 0 Å². The van der Waals surface area contributed by atoms with Gasteiger partial charge < -0.3 is 5.73 Å². The molecule has 17 heavy (non-hydrogen) atoms. The average molecular weight is 257 g/mol. The van der Waals surface area contributed by atoms with E-state index in [9.17, 15) is 8.42 Å². The van der Waals surface area contributed by atoms with Crippen LogP contribution in [-0.2, 0) is 23.3 Å². The number of benzene rings is 1. The van der Waals surface area contributed by atoms with E-state index in [1.807, 2.05) is 24.3 Å². The monoisotopic (exact) mass is 257 g/mol. The molecular formula is C11H19N3O2S. The van der Waals surface area contributed by atoms with E-state index in [4.69, 9.17) is 5.73 Å². The predicted octanol–water partition coefficient (Wildman–Crippen LogP) is 0.383. The van der Waals surface area contributed by atoms with Gasteiger partial charge in [-0.15, -0.1) is 0 Å². The average Bonchev–Trinajstić information content (AvgIpc) is 2.29. The largest absolute Gasteiger partial charge is 0.326 e. The van der Waals surface area contributed by atoms with Gasteiger partial charge in [0.05, 0.1) is 0 Å². The molecule has 0 saturated heterocycles. The first-order valence-electron chi connectivity index (χ1n) is 5.30. The summed E-state index contributed by atoms with van der Waals surface area (Å²) in [5, 5.41) is 0. The van der Waals surface area contributed by atoms with E-state index in [2.05, 4.69) is 0 Å². The van der Waals surface area contributed by atoms with Crippen LogP contribution < -0.4 is 5.73 Å². The molecule has 96 valence electrons. The van der Waals surface area contributed by atoms with Gasteiger partial charge in [-0.1, -0.05) is 24.3 Å². The minimum Gasteiger partial charge on any atom is -0.326 e. The van der Waals surface area contributed by atoms with E-state index in [1.165, 1.54) is 22.7 Å². The Bertz CT molecular complexity index is 471. The van der Waals surface area contributed by atoms with E-state index in [0.717, 1.165) is 11.1 Å². The Morgan fingerprint density at radius 3 is 2.12 bits per heavy atom. The smallest absolute Gasteiger partial charge is 0.281 e. The fraction of sp³-hybridized carbons (Fsp3) is 0.455. The lowest BCUT2D eigenvalue weighted by atomic mass is 10.1. The van der Waals surface area contributed by atoms with Crippen molar-refractivity contribution in [3.05, 3.63) is 35.4 Å². The van der Waals surface area contributed by atoms with Crippen LogP contribution in [0.4, 0.5) is 0 Å². The first-order chi connectivity index (χ1) is 7.89. The maximum absolute atomic E-state index is 11.9. The Balaban J connectivity index is 2.92. The molecule has 1 rings (SSSR count). The molecule has 0 aliphatic rings. The van der Waals surface area contributed by atoms with Crippen molar-refractivity contribution < 1.29 is 8.42 Å². The molecule has 0 aliphatic carbocycles. The second kappa shape index (κ2) is 5.59. The van der Waals surface area contributed by atoms with Gasteiger partial charge >= 0.3 is 0 Å². The van der Waals surface area contributed by atoms with Crippen LogP contribution in [0, 0.1) is 0 Å². The minimum atomic E-state index is -3.37. The fourth-order valence-corrected chi connectivity index (χ4v) is 2.37. The number of nitrogens with zero attached hydrogens (tertiary/aromatic N) is 2. The molecule has 0 saturated carbocycles. The quantitative estimate of drug-likeness (QED) is 0.829. The Morgan fingerprint density at radius 2 is 1.65 bits per heavy atom. The molecule has 5 nitrogen and oxygen atoms in total. The van der Waals surface area contributed by atoms with Gasteiger partial charge in [-0.3, -0.25) is 0 Å². The van der Waals surface area contributed by atoms with Crippen LogP contribution in [0.1, 0.15) is 11.1 Å². The third-order valence-corrected chi connectivity index (χ3v) is 4.43. The lowest BCUT2D eigenvalue weighted by Crippen LogP contribution is -2.37. The maximum Gasteiger partial charge on any atom is 0.281 e. The lowest BCUT2D eigenvalue weighted by Gasteiger charge is -2.22. The van der Waals surface area contributed by atoms with Gasteiger partial charge in [0.2, 0.25) is 0 Å². The first-order valence-corrected chi connectivity index (χ1v) is 6.70. The highest BCUT2D eigenvalue weighted by molar-refractivity contribution is 7.86. The third-order valence-electron chi connectivity index (χ3n) is 2.59. The highest BCUT2D eigenvalue weighted by Crippen LogP contribution is 2.13. The molecular weight excluding hydrogens is 238 g/mol. The van der Waals surface area contributed by atoms with E-state index >= 15 is 0 Å². The van der Waals surface area contributed by atoms with Gasteiger partial charge in [-0.05, 0) is 11.1 Å². The van der Waals surface area contributed by atoms with E-state index in [1.54, 1.807) is 7.05 Å². The van der Waals surface area contributed by atoms with Gasteiger partial charge in [0.1, 0.15) is 0 Å². The molecule has 0 fully saturated rings. The van der Waals surface area contributed by atoms with Crippen molar-refractivity contribution in [3.8, 4) is 0 Å². The van der Waals surface area contributed by atoms with Crippen LogP contribution in [-0.4, -0.2) is 38.2 Å². The van der Waals surface area contributed by atoms with Crippen LogP contribution in [0.3, 0.4) is 0 Å². The Hall–Kier alpha value is -0.950. The van der Waals surface area contributed by atoms with Gasteiger partial charge in [-0.25, -0.2) is 0 Å². The topological polar surface area (TPSA) is 66.6 Å². The summed E-state index contributed by atoms with van der Waals surface area (Å²) in [5.41, 5.74) is 7.52. The Labute approximate surface area is 103 Å². The molecule has 0 amide bonds.